The summed E-state index contributed by atoms with van der Waals surface area (Å²) >= 11 is 0. The van der Waals surface area contributed by atoms with Crippen LogP contribution in [0.5, 0.6) is 17.2 Å². The third kappa shape index (κ3) is 12.1. The minimum atomic E-state index is -0.644. The number of carbonyl (C=O) groups is 2. The molecule has 9 nitrogen and oxygen atoms in total. The molecule has 0 bridgehead atoms. The van der Waals surface area contributed by atoms with Crippen molar-refractivity contribution in [3.05, 3.63) is 53.1 Å². The van der Waals surface area contributed by atoms with E-state index in [1.807, 2.05) is 36.4 Å². The average Bonchev–Trinajstić information content (AvgIpc) is 2.91. The number of amides is 1. The van der Waals surface area contributed by atoms with Crippen molar-refractivity contribution < 1.29 is 33.4 Å². The molecular formula is C32H46N2O7. The number of oxime groups is 1. The molecule has 1 amide bonds. The van der Waals surface area contributed by atoms with Gasteiger partial charge >= 0.3 is 5.97 Å². The fraction of sp³-hybridized carbons (Fsp3) is 0.531. The molecule has 2 aromatic carbocycles. The molecule has 2 rings (SSSR count). The first-order valence-corrected chi connectivity index (χ1v) is 14.3. The lowest BCUT2D eigenvalue weighted by atomic mass is 9.97. The predicted octanol–water partition coefficient (Wildman–Crippen LogP) is 5.54. The molecule has 0 atom stereocenters. The van der Waals surface area contributed by atoms with Crippen LogP contribution in [0.15, 0.2) is 41.6 Å². The zero-order valence-corrected chi connectivity index (χ0v) is 25.5. The molecule has 0 heterocycles. The van der Waals surface area contributed by atoms with E-state index >= 15 is 0 Å². The van der Waals surface area contributed by atoms with E-state index in [2.05, 4.69) is 46.7 Å². The van der Waals surface area contributed by atoms with Crippen LogP contribution in [-0.2, 0) is 25.6 Å². The largest absolute Gasteiger partial charge is 0.493 e. The Morgan fingerprint density at radius 2 is 1.46 bits per heavy atom. The number of rotatable bonds is 18. The van der Waals surface area contributed by atoms with E-state index in [1.165, 1.54) is 0 Å². The normalized spacial score (nSPS) is 11.6. The highest BCUT2D eigenvalue weighted by atomic mass is 16.6. The molecule has 0 unspecified atom stereocenters. The highest BCUT2D eigenvalue weighted by molar-refractivity contribution is 6.14. The first kappa shape index (κ1) is 33.5. The van der Waals surface area contributed by atoms with Crippen LogP contribution < -0.4 is 19.9 Å². The maximum absolute atomic E-state index is 12.2. The van der Waals surface area contributed by atoms with Crippen LogP contribution in [0.1, 0.15) is 71.6 Å². The monoisotopic (exact) mass is 570 g/mol. The molecule has 0 aromatic heterocycles. The van der Waals surface area contributed by atoms with Crippen molar-refractivity contribution in [2.24, 2.45) is 28.6 Å². The Morgan fingerprint density at radius 1 is 0.829 bits per heavy atom. The minimum Gasteiger partial charge on any atom is -0.493 e. The maximum Gasteiger partial charge on any atom is 0.306 e. The molecular weight excluding hydrogens is 524 g/mol. The number of hydrogen-bond donors (Lipinski definition) is 1. The standard InChI is InChI=1S/C32H46N2O7/c1-8-37-31(36)14-10-24-15-25(9-13-28(24)39-18-22(4)5)32(34-41-20-30(33)35)27-12-11-26(38-17-21(2)3)16-29(27)40-19-23(6)7/h9,11-13,15-16,21-23H,8,10,14,17-20H2,1-7H3,(H2,33,35)/b34-32-. The second-order valence-electron chi connectivity index (χ2n) is 11.1. The molecule has 0 radical (unpaired) electrons. The molecule has 0 fully saturated rings. The minimum absolute atomic E-state index is 0.199. The van der Waals surface area contributed by atoms with Crippen LogP contribution in [0.25, 0.3) is 0 Å². The Hall–Kier alpha value is -3.75. The highest BCUT2D eigenvalue weighted by Crippen LogP contribution is 2.31. The number of hydrogen-bond acceptors (Lipinski definition) is 8. The molecule has 2 aromatic rings. The van der Waals surface area contributed by atoms with E-state index in [0.29, 0.717) is 78.8 Å². The Kier molecular flexibility index (Phi) is 14.0. The van der Waals surface area contributed by atoms with Gasteiger partial charge in [0.1, 0.15) is 23.0 Å². The molecule has 9 heteroatoms. The Balaban J connectivity index is 2.60. The van der Waals surface area contributed by atoms with Gasteiger partial charge in [0, 0.05) is 23.6 Å². The number of benzene rings is 2. The summed E-state index contributed by atoms with van der Waals surface area (Å²) in [5, 5.41) is 4.33. The van der Waals surface area contributed by atoms with E-state index in [4.69, 9.17) is 29.5 Å². The maximum atomic E-state index is 12.2. The van der Waals surface area contributed by atoms with Gasteiger partial charge in [0.2, 0.25) is 0 Å². The van der Waals surface area contributed by atoms with E-state index in [0.717, 1.165) is 5.56 Å². The number of ether oxygens (including phenoxy) is 4. The van der Waals surface area contributed by atoms with Gasteiger partial charge in [0.25, 0.3) is 5.91 Å². The summed E-state index contributed by atoms with van der Waals surface area (Å²) in [6, 6.07) is 11.2. The molecule has 2 N–H and O–H groups in total. The summed E-state index contributed by atoms with van der Waals surface area (Å²) in [7, 11) is 0. The fourth-order valence-electron chi connectivity index (χ4n) is 3.63. The Labute approximate surface area is 244 Å². The summed E-state index contributed by atoms with van der Waals surface area (Å²) in [6.45, 7) is 15.7. The van der Waals surface area contributed by atoms with Crippen LogP contribution in [0.3, 0.4) is 0 Å². The first-order valence-electron chi connectivity index (χ1n) is 14.3. The van der Waals surface area contributed by atoms with Gasteiger partial charge in [0.05, 0.1) is 26.4 Å². The van der Waals surface area contributed by atoms with E-state index in [9.17, 15) is 9.59 Å². The van der Waals surface area contributed by atoms with Gasteiger partial charge in [0.15, 0.2) is 6.61 Å². The molecule has 0 aliphatic heterocycles. The third-order valence-electron chi connectivity index (χ3n) is 5.54. The van der Waals surface area contributed by atoms with Crippen molar-refractivity contribution in [2.45, 2.75) is 61.3 Å². The Bertz CT molecular complexity index is 1160. The van der Waals surface area contributed by atoms with Gasteiger partial charge < -0.3 is 29.5 Å². The van der Waals surface area contributed by atoms with Gasteiger partial charge in [-0.3, -0.25) is 9.59 Å². The number of primary amides is 1. The van der Waals surface area contributed by atoms with Gasteiger partial charge in [-0.25, -0.2) is 0 Å². The lowest BCUT2D eigenvalue weighted by molar-refractivity contribution is -0.143. The summed E-state index contributed by atoms with van der Waals surface area (Å²) in [5.74, 6) is 1.95. The average molecular weight is 571 g/mol. The first-order chi connectivity index (χ1) is 19.5. The topological polar surface area (TPSA) is 119 Å². The third-order valence-corrected chi connectivity index (χ3v) is 5.54. The van der Waals surface area contributed by atoms with Crippen molar-refractivity contribution >= 4 is 17.6 Å². The van der Waals surface area contributed by atoms with Crippen molar-refractivity contribution in [1.82, 2.24) is 0 Å². The second kappa shape index (κ2) is 17.1. The van der Waals surface area contributed by atoms with Gasteiger partial charge in [-0.1, -0.05) is 46.7 Å². The van der Waals surface area contributed by atoms with E-state index < -0.39 is 5.91 Å². The SMILES string of the molecule is CCOC(=O)CCc1cc(/C(=N/OCC(N)=O)c2ccc(OCC(C)C)cc2OCC(C)C)ccc1OCC(C)C. The second-order valence-corrected chi connectivity index (χ2v) is 11.1. The smallest absolute Gasteiger partial charge is 0.306 e. The molecule has 0 aliphatic rings. The van der Waals surface area contributed by atoms with Crippen LogP contribution >= 0.6 is 0 Å². The van der Waals surface area contributed by atoms with E-state index in [-0.39, 0.29) is 24.9 Å². The van der Waals surface area contributed by atoms with Gasteiger partial charge in [-0.2, -0.15) is 0 Å². The molecule has 226 valence electrons. The Morgan fingerprint density at radius 3 is 2.07 bits per heavy atom. The summed E-state index contributed by atoms with van der Waals surface area (Å²) in [4.78, 5) is 28.9. The van der Waals surface area contributed by atoms with Crippen LogP contribution in [0.4, 0.5) is 0 Å². The van der Waals surface area contributed by atoms with Crippen molar-refractivity contribution in [1.29, 1.82) is 0 Å². The quantitative estimate of drug-likeness (QED) is 0.142. The lowest BCUT2D eigenvalue weighted by Crippen LogP contribution is -2.18. The molecule has 0 aliphatic carbocycles. The van der Waals surface area contributed by atoms with Crippen molar-refractivity contribution in [2.75, 3.05) is 33.0 Å². The van der Waals surface area contributed by atoms with Crippen LogP contribution in [0, 0.1) is 17.8 Å². The number of carbonyl (C=O) groups excluding carboxylic acids is 2. The number of nitrogens with two attached hydrogens (primary N) is 1. The summed E-state index contributed by atoms with van der Waals surface area (Å²) in [6.07, 6.45) is 0.610. The molecule has 0 saturated heterocycles. The molecule has 0 spiro atoms. The lowest BCUT2D eigenvalue weighted by Gasteiger charge is -2.18. The number of aryl methyl sites for hydroxylation is 1. The zero-order valence-electron chi connectivity index (χ0n) is 25.5. The van der Waals surface area contributed by atoms with E-state index in [1.54, 1.807) is 6.92 Å². The summed E-state index contributed by atoms with van der Waals surface area (Å²) in [5.41, 5.74) is 7.90. The van der Waals surface area contributed by atoms with Gasteiger partial charge in [-0.05, 0) is 67.0 Å². The molecule has 0 saturated carbocycles. The number of nitrogens with zero attached hydrogens (tertiary/aromatic N) is 1. The van der Waals surface area contributed by atoms with Crippen LogP contribution in [-0.4, -0.2) is 50.6 Å². The van der Waals surface area contributed by atoms with Crippen molar-refractivity contribution in [3.8, 4) is 17.2 Å². The fourth-order valence-corrected chi connectivity index (χ4v) is 3.63. The zero-order chi connectivity index (χ0) is 30.4. The van der Waals surface area contributed by atoms with Crippen molar-refractivity contribution in [3.63, 3.8) is 0 Å². The van der Waals surface area contributed by atoms with Gasteiger partial charge in [-0.15, -0.1) is 0 Å². The predicted molar refractivity (Wildman–Crippen MR) is 160 cm³/mol. The molecule has 41 heavy (non-hydrogen) atoms. The number of esters is 1. The highest BCUT2D eigenvalue weighted by Gasteiger charge is 2.19. The van der Waals surface area contributed by atoms with Crippen LogP contribution in [0.2, 0.25) is 0 Å². The summed E-state index contributed by atoms with van der Waals surface area (Å²) < 4.78 is 23.4.